The zero-order chi connectivity index (χ0) is 31.1. The number of piperidine rings is 1. The van der Waals surface area contributed by atoms with E-state index in [0.29, 0.717) is 60.3 Å². The molecule has 3 aromatic carbocycles. The molecule has 0 bridgehead atoms. The molecule has 0 aliphatic carbocycles. The molecule has 7 nitrogen and oxygen atoms in total. The Morgan fingerprint density at radius 1 is 1.00 bits per heavy atom. The van der Waals surface area contributed by atoms with Gasteiger partial charge in [0, 0.05) is 31.1 Å². The number of carbonyl (C=O) groups is 3. The van der Waals surface area contributed by atoms with E-state index in [1.54, 1.807) is 11.0 Å². The van der Waals surface area contributed by atoms with Crippen molar-refractivity contribution in [2.45, 2.75) is 38.3 Å². The Morgan fingerprint density at radius 3 is 2.43 bits per heavy atom. The van der Waals surface area contributed by atoms with Crippen LogP contribution in [0.4, 0.5) is 0 Å². The number of fused-ring (bicyclic) bond motifs is 1. The number of carboxylic acids is 1. The van der Waals surface area contributed by atoms with Crippen molar-refractivity contribution in [3.05, 3.63) is 105 Å². The van der Waals surface area contributed by atoms with Crippen LogP contribution >= 0.6 is 34.5 Å². The third-order valence-corrected chi connectivity index (χ3v) is 9.60. The summed E-state index contributed by atoms with van der Waals surface area (Å²) in [6.45, 7) is 1.30. The first-order valence-electron chi connectivity index (χ1n) is 14.4. The fraction of sp³-hybridized carbons (Fsp3) is 0.265. The highest BCUT2D eigenvalue weighted by Gasteiger charge is 2.28. The SMILES string of the molecule is O=C(O)CC(Cc1ccc(OCc2ccccc2)cc1)NC(=O)C1CCN(C(=O)C=Cc2cc3ccsc3c(Cl)c2Cl)CC1. The first kappa shape index (κ1) is 31.6. The molecule has 0 saturated carbocycles. The summed E-state index contributed by atoms with van der Waals surface area (Å²) in [5.41, 5.74) is 2.63. The zero-order valence-corrected chi connectivity index (χ0v) is 26.2. The predicted molar refractivity (Wildman–Crippen MR) is 175 cm³/mol. The van der Waals surface area contributed by atoms with Crippen LogP contribution in [0.1, 0.15) is 36.0 Å². The summed E-state index contributed by atoms with van der Waals surface area (Å²) >= 11 is 14.3. The summed E-state index contributed by atoms with van der Waals surface area (Å²) < 4.78 is 6.75. The van der Waals surface area contributed by atoms with Crippen LogP contribution in [0.2, 0.25) is 10.0 Å². The van der Waals surface area contributed by atoms with Crippen molar-refractivity contribution in [3.8, 4) is 5.75 Å². The second-order valence-electron chi connectivity index (χ2n) is 10.8. The van der Waals surface area contributed by atoms with Crippen LogP contribution in [0, 0.1) is 5.92 Å². The Kier molecular flexibility index (Phi) is 10.6. The van der Waals surface area contributed by atoms with Gasteiger partial charge in [0.1, 0.15) is 12.4 Å². The third kappa shape index (κ3) is 8.20. The number of carbonyl (C=O) groups excluding carboxylic acids is 2. The van der Waals surface area contributed by atoms with Crippen LogP contribution in [0.3, 0.4) is 0 Å². The second-order valence-corrected chi connectivity index (χ2v) is 12.5. The molecule has 1 aliphatic rings. The van der Waals surface area contributed by atoms with E-state index in [-0.39, 0.29) is 24.2 Å². The molecule has 1 unspecified atom stereocenters. The molecule has 0 radical (unpaired) electrons. The molecule has 228 valence electrons. The summed E-state index contributed by atoms with van der Waals surface area (Å²) in [5, 5.41) is 16.2. The van der Waals surface area contributed by atoms with Crippen LogP contribution in [0.5, 0.6) is 5.75 Å². The number of hydrogen-bond acceptors (Lipinski definition) is 5. The predicted octanol–water partition coefficient (Wildman–Crippen LogP) is 7.24. The molecule has 4 aromatic rings. The van der Waals surface area contributed by atoms with E-state index >= 15 is 0 Å². The van der Waals surface area contributed by atoms with Gasteiger partial charge in [-0.25, -0.2) is 0 Å². The number of rotatable bonds is 11. The Hall–Kier alpha value is -3.85. The standard InChI is InChI=1S/C34H32Cl2N2O5S/c35-31-25(19-26-14-17-44-33(26)32(31)36)8-11-29(39)38-15-12-24(13-16-38)34(42)37-27(20-30(40)41)18-22-6-9-28(10-7-22)43-21-23-4-2-1-3-5-23/h1-11,14,17,19,24,27H,12-13,15-16,18,20-21H2,(H,37,42)(H,40,41). The molecule has 1 aliphatic heterocycles. The maximum Gasteiger partial charge on any atom is 0.305 e. The zero-order valence-electron chi connectivity index (χ0n) is 23.9. The summed E-state index contributed by atoms with van der Waals surface area (Å²) in [7, 11) is 0. The smallest absolute Gasteiger partial charge is 0.305 e. The highest BCUT2D eigenvalue weighted by molar-refractivity contribution is 7.18. The molecule has 2 amide bonds. The minimum absolute atomic E-state index is 0.165. The molecule has 1 fully saturated rings. The molecular weight excluding hydrogens is 619 g/mol. The number of nitrogens with zero attached hydrogens (tertiary/aromatic N) is 1. The molecule has 1 saturated heterocycles. The van der Waals surface area contributed by atoms with Crippen LogP contribution in [-0.4, -0.2) is 46.9 Å². The monoisotopic (exact) mass is 650 g/mol. The average molecular weight is 652 g/mol. The second kappa shape index (κ2) is 14.8. The number of halogens is 2. The van der Waals surface area contributed by atoms with E-state index < -0.39 is 12.0 Å². The molecule has 5 rings (SSSR count). The number of benzene rings is 3. The van der Waals surface area contributed by atoms with E-state index in [1.165, 1.54) is 17.4 Å². The summed E-state index contributed by atoms with van der Waals surface area (Å²) in [5.74, 6) is -0.927. The van der Waals surface area contributed by atoms with Gasteiger partial charge in [-0.2, -0.15) is 0 Å². The van der Waals surface area contributed by atoms with Crippen molar-refractivity contribution >= 4 is 68.5 Å². The van der Waals surface area contributed by atoms with Crippen molar-refractivity contribution in [2.24, 2.45) is 5.92 Å². The van der Waals surface area contributed by atoms with Gasteiger partial charge in [0.15, 0.2) is 0 Å². The molecule has 0 spiro atoms. The summed E-state index contributed by atoms with van der Waals surface area (Å²) in [6.07, 6.45) is 4.33. The number of nitrogens with one attached hydrogen (secondary N) is 1. The maximum absolute atomic E-state index is 13.1. The molecule has 1 atom stereocenters. The fourth-order valence-corrected chi connectivity index (χ4v) is 6.71. The number of likely N-dealkylation sites (tertiary alicyclic amines) is 1. The van der Waals surface area contributed by atoms with Crippen molar-refractivity contribution < 1.29 is 24.2 Å². The van der Waals surface area contributed by atoms with Gasteiger partial charge in [-0.1, -0.05) is 65.7 Å². The summed E-state index contributed by atoms with van der Waals surface area (Å²) in [4.78, 5) is 39.3. The lowest BCUT2D eigenvalue weighted by Gasteiger charge is -2.31. The normalized spacial score (nSPS) is 14.5. The van der Waals surface area contributed by atoms with Crippen molar-refractivity contribution in [3.63, 3.8) is 0 Å². The molecule has 2 heterocycles. The van der Waals surface area contributed by atoms with Gasteiger partial charge >= 0.3 is 5.97 Å². The van der Waals surface area contributed by atoms with Gasteiger partial charge < -0.3 is 20.1 Å². The van der Waals surface area contributed by atoms with Gasteiger partial charge in [-0.15, -0.1) is 11.3 Å². The number of thiophene rings is 1. The third-order valence-electron chi connectivity index (χ3n) is 7.66. The Balaban J connectivity index is 1.12. The molecule has 44 heavy (non-hydrogen) atoms. The highest BCUT2D eigenvalue weighted by Crippen LogP contribution is 2.37. The van der Waals surface area contributed by atoms with E-state index in [9.17, 15) is 19.5 Å². The van der Waals surface area contributed by atoms with Crippen molar-refractivity contribution in [1.82, 2.24) is 10.2 Å². The van der Waals surface area contributed by atoms with Gasteiger partial charge in [0.25, 0.3) is 0 Å². The fourth-order valence-electron chi connectivity index (χ4n) is 5.27. The first-order valence-corrected chi connectivity index (χ1v) is 16.0. The Bertz CT molecular complexity index is 1650. The molecule has 2 N–H and O–H groups in total. The van der Waals surface area contributed by atoms with Gasteiger partial charge in [0.05, 0.1) is 21.2 Å². The van der Waals surface area contributed by atoms with Crippen molar-refractivity contribution in [1.29, 1.82) is 0 Å². The minimum atomic E-state index is -0.982. The maximum atomic E-state index is 13.1. The van der Waals surface area contributed by atoms with E-state index in [0.717, 1.165) is 21.2 Å². The van der Waals surface area contributed by atoms with Gasteiger partial charge in [-0.3, -0.25) is 14.4 Å². The van der Waals surface area contributed by atoms with Gasteiger partial charge in [-0.05, 0) is 77.1 Å². The van der Waals surface area contributed by atoms with Crippen LogP contribution in [0.15, 0.2) is 78.2 Å². The first-order chi connectivity index (χ1) is 21.3. The van der Waals surface area contributed by atoms with Crippen LogP contribution in [-0.2, 0) is 27.4 Å². The Morgan fingerprint density at radius 2 is 1.73 bits per heavy atom. The number of carboxylic acid groups (broad SMARTS) is 1. The molecule has 10 heteroatoms. The van der Waals surface area contributed by atoms with Crippen LogP contribution < -0.4 is 10.1 Å². The number of ether oxygens (including phenoxy) is 1. The highest BCUT2D eigenvalue weighted by atomic mass is 35.5. The largest absolute Gasteiger partial charge is 0.489 e. The number of hydrogen-bond donors (Lipinski definition) is 2. The lowest BCUT2D eigenvalue weighted by Crippen LogP contribution is -2.46. The lowest BCUT2D eigenvalue weighted by molar-refractivity contribution is -0.138. The minimum Gasteiger partial charge on any atom is -0.489 e. The number of amides is 2. The number of aliphatic carboxylic acids is 1. The quantitative estimate of drug-likeness (QED) is 0.167. The van der Waals surface area contributed by atoms with E-state index in [4.69, 9.17) is 27.9 Å². The summed E-state index contributed by atoms with van der Waals surface area (Å²) in [6, 6.07) is 20.6. The molecule has 1 aromatic heterocycles. The van der Waals surface area contributed by atoms with E-state index in [1.807, 2.05) is 72.1 Å². The lowest BCUT2D eigenvalue weighted by atomic mass is 9.94. The average Bonchev–Trinajstić information content (AvgIpc) is 3.51. The van der Waals surface area contributed by atoms with Crippen LogP contribution in [0.25, 0.3) is 16.2 Å². The molecular formula is C34H32Cl2N2O5S. The van der Waals surface area contributed by atoms with E-state index in [2.05, 4.69) is 5.32 Å². The van der Waals surface area contributed by atoms with Gasteiger partial charge in [0.2, 0.25) is 11.8 Å². The van der Waals surface area contributed by atoms with Crippen molar-refractivity contribution in [2.75, 3.05) is 13.1 Å². The Labute approximate surface area is 270 Å². The topological polar surface area (TPSA) is 95.9 Å².